The van der Waals surface area contributed by atoms with Crippen LogP contribution in [0.5, 0.6) is 0 Å². The number of carbonyl (C=O) groups excluding carboxylic acids is 1. The van der Waals surface area contributed by atoms with Gasteiger partial charge in [-0.15, -0.1) is 10.2 Å². The van der Waals surface area contributed by atoms with Crippen molar-refractivity contribution in [1.82, 2.24) is 20.5 Å². The molecule has 1 aliphatic rings. The van der Waals surface area contributed by atoms with Crippen molar-refractivity contribution >= 4 is 28.1 Å². The predicted octanol–water partition coefficient (Wildman–Crippen LogP) is 3.27. The molecule has 2 N–H and O–H groups in total. The van der Waals surface area contributed by atoms with Gasteiger partial charge in [-0.2, -0.15) is 0 Å². The number of nitrogens with one attached hydrogen (secondary N) is 2. The van der Waals surface area contributed by atoms with Gasteiger partial charge in [0, 0.05) is 16.8 Å². The number of hydrogen-bond acceptors (Lipinski definition) is 4. The number of fused-ring (bicyclic) bond motifs is 1. The Kier molecular flexibility index (Phi) is 3.41. The van der Waals surface area contributed by atoms with Gasteiger partial charge in [-0.25, -0.2) is 0 Å². The van der Waals surface area contributed by atoms with Crippen molar-refractivity contribution in [1.29, 1.82) is 0 Å². The van der Waals surface area contributed by atoms with Crippen LogP contribution in [0.1, 0.15) is 23.9 Å². The topological polar surface area (TPSA) is 70.7 Å². The van der Waals surface area contributed by atoms with E-state index in [9.17, 15) is 4.79 Å². The molecule has 23 heavy (non-hydrogen) atoms. The van der Waals surface area contributed by atoms with E-state index in [0.717, 1.165) is 27.6 Å². The third-order valence-electron chi connectivity index (χ3n) is 4.44. The predicted molar refractivity (Wildman–Crippen MR) is 91.1 cm³/mol. The maximum Gasteiger partial charge on any atom is 0.223 e. The Hall–Kier alpha value is -2.21. The molecule has 0 spiro atoms. The van der Waals surface area contributed by atoms with Gasteiger partial charge >= 0.3 is 0 Å². The summed E-state index contributed by atoms with van der Waals surface area (Å²) in [7, 11) is 0. The van der Waals surface area contributed by atoms with Gasteiger partial charge in [-0.1, -0.05) is 30.4 Å². The highest BCUT2D eigenvalue weighted by Crippen LogP contribution is 2.37. The fourth-order valence-electron chi connectivity index (χ4n) is 2.84. The molecule has 118 valence electrons. The Morgan fingerprint density at radius 2 is 2.26 bits per heavy atom. The van der Waals surface area contributed by atoms with Crippen LogP contribution in [0.15, 0.2) is 24.3 Å². The molecule has 0 saturated heterocycles. The second kappa shape index (κ2) is 5.45. The highest BCUT2D eigenvalue weighted by Gasteiger charge is 2.38. The van der Waals surface area contributed by atoms with E-state index in [-0.39, 0.29) is 11.8 Å². The van der Waals surface area contributed by atoms with E-state index in [1.807, 2.05) is 6.07 Å². The summed E-state index contributed by atoms with van der Waals surface area (Å²) in [5.41, 5.74) is 3.31. The third kappa shape index (κ3) is 2.74. The Morgan fingerprint density at radius 1 is 1.43 bits per heavy atom. The quantitative estimate of drug-likeness (QED) is 0.773. The van der Waals surface area contributed by atoms with Crippen molar-refractivity contribution in [2.75, 3.05) is 0 Å². The number of hydrogen-bond donors (Lipinski definition) is 2. The highest BCUT2D eigenvalue weighted by molar-refractivity contribution is 7.14. The number of rotatable bonds is 4. The van der Waals surface area contributed by atoms with Gasteiger partial charge in [0.15, 0.2) is 5.01 Å². The van der Waals surface area contributed by atoms with E-state index >= 15 is 0 Å². The van der Waals surface area contributed by atoms with Crippen LogP contribution in [0.4, 0.5) is 0 Å². The molecule has 5 nitrogen and oxygen atoms in total. The first-order valence-corrected chi connectivity index (χ1v) is 8.62. The molecule has 3 aromatic rings. The van der Waals surface area contributed by atoms with Crippen LogP contribution in [-0.2, 0) is 11.3 Å². The maximum atomic E-state index is 11.9. The maximum absolute atomic E-state index is 11.9. The second-order valence-electron chi connectivity index (χ2n) is 6.26. The summed E-state index contributed by atoms with van der Waals surface area (Å²) in [4.78, 5) is 15.2. The fraction of sp³-hybridized carbons (Fsp3) is 0.353. The number of aromatic amines is 1. The zero-order valence-electron chi connectivity index (χ0n) is 13.1. The smallest absolute Gasteiger partial charge is 0.223 e. The van der Waals surface area contributed by atoms with Crippen molar-refractivity contribution in [3.63, 3.8) is 0 Å². The number of amides is 1. The summed E-state index contributed by atoms with van der Waals surface area (Å²) in [6.45, 7) is 4.66. The van der Waals surface area contributed by atoms with Crippen LogP contribution < -0.4 is 5.32 Å². The molecule has 0 radical (unpaired) electrons. The summed E-state index contributed by atoms with van der Waals surface area (Å²) >= 11 is 1.51. The van der Waals surface area contributed by atoms with Crippen LogP contribution in [0.2, 0.25) is 0 Å². The van der Waals surface area contributed by atoms with E-state index in [1.165, 1.54) is 22.3 Å². The molecule has 1 fully saturated rings. The van der Waals surface area contributed by atoms with Crippen LogP contribution in [-0.4, -0.2) is 21.1 Å². The summed E-state index contributed by atoms with van der Waals surface area (Å²) in [5.74, 6) is 0.851. The summed E-state index contributed by atoms with van der Waals surface area (Å²) in [5, 5.41) is 14.3. The Labute approximate surface area is 138 Å². The average molecular weight is 326 g/mol. The monoisotopic (exact) mass is 326 g/mol. The number of benzene rings is 1. The van der Waals surface area contributed by atoms with Crippen molar-refractivity contribution in [2.45, 2.75) is 26.8 Å². The third-order valence-corrected chi connectivity index (χ3v) is 5.40. The molecule has 6 heteroatoms. The molecule has 1 amide bonds. The number of H-pyrrole nitrogens is 1. The lowest BCUT2D eigenvalue weighted by Gasteiger charge is -2.00. The van der Waals surface area contributed by atoms with Gasteiger partial charge in [-0.3, -0.25) is 4.79 Å². The van der Waals surface area contributed by atoms with Crippen LogP contribution in [0, 0.1) is 18.8 Å². The minimum absolute atomic E-state index is 0.135. The fourth-order valence-corrected chi connectivity index (χ4v) is 3.59. The van der Waals surface area contributed by atoms with Gasteiger partial charge < -0.3 is 10.3 Å². The first kappa shape index (κ1) is 14.4. The SMILES string of the molecule is Cc1cccc2[nH]c(-c3nnc(CNC(=O)[C@@H]4C[C@@H]4C)s3)cc12. The van der Waals surface area contributed by atoms with Crippen molar-refractivity contribution < 1.29 is 4.79 Å². The lowest BCUT2D eigenvalue weighted by molar-refractivity contribution is -0.122. The highest BCUT2D eigenvalue weighted by atomic mass is 32.1. The molecule has 0 bridgehead atoms. The van der Waals surface area contributed by atoms with E-state index in [2.05, 4.69) is 52.5 Å². The molecule has 0 aliphatic heterocycles. The second-order valence-corrected chi connectivity index (χ2v) is 7.32. The van der Waals surface area contributed by atoms with Gasteiger partial charge in [0.1, 0.15) is 5.01 Å². The lowest BCUT2D eigenvalue weighted by Crippen LogP contribution is -2.24. The van der Waals surface area contributed by atoms with Crippen molar-refractivity contribution in [3.05, 3.63) is 34.8 Å². The van der Waals surface area contributed by atoms with E-state index in [4.69, 9.17) is 0 Å². The molecule has 1 aromatic carbocycles. The average Bonchev–Trinajstić information content (AvgIpc) is 2.95. The van der Waals surface area contributed by atoms with E-state index < -0.39 is 0 Å². The number of aromatic nitrogens is 3. The van der Waals surface area contributed by atoms with Crippen LogP contribution in [0.25, 0.3) is 21.6 Å². The minimum Gasteiger partial charge on any atom is -0.353 e. The normalized spacial score (nSPS) is 19.9. The Balaban J connectivity index is 1.50. The van der Waals surface area contributed by atoms with Gasteiger partial charge in [-0.05, 0) is 37.0 Å². The summed E-state index contributed by atoms with van der Waals surface area (Å²) in [6, 6.07) is 8.31. The number of carbonyl (C=O) groups is 1. The molecule has 2 aromatic heterocycles. The van der Waals surface area contributed by atoms with Gasteiger partial charge in [0.25, 0.3) is 0 Å². The van der Waals surface area contributed by atoms with E-state index in [1.54, 1.807) is 0 Å². The largest absolute Gasteiger partial charge is 0.353 e. The Morgan fingerprint density at radius 3 is 3.00 bits per heavy atom. The summed E-state index contributed by atoms with van der Waals surface area (Å²) in [6.07, 6.45) is 1.00. The molecule has 2 heterocycles. The zero-order chi connectivity index (χ0) is 16.0. The van der Waals surface area contributed by atoms with Crippen LogP contribution in [0.3, 0.4) is 0 Å². The number of aryl methyl sites for hydroxylation is 1. The molecule has 1 aliphatic carbocycles. The van der Waals surface area contributed by atoms with Gasteiger partial charge in [0.2, 0.25) is 5.91 Å². The molecular weight excluding hydrogens is 308 g/mol. The Bertz CT molecular complexity index is 882. The molecule has 4 rings (SSSR count). The zero-order valence-corrected chi connectivity index (χ0v) is 13.9. The minimum atomic E-state index is 0.135. The first-order chi connectivity index (χ1) is 11.1. The summed E-state index contributed by atoms with van der Waals surface area (Å²) < 4.78 is 0. The van der Waals surface area contributed by atoms with Crippen molar-refractivity contribution in [3.8, 4) is 10.7 Å². The molecule has 1 saturated carbocycles. The van der Waals surface area contributed by atoms with Crippen LogP contribution >= 0.6 is 11.3 Å². The lowest BCUT2D eigenvalue weighted by atomic mass is 10.1. The van der Waals surface area contributed by atoms with Gasteiger partial charge in [0.05, 0.1) is 12.2 Å². The molecular formula is C17H18N4OS. The standard InChI is InChI=1S/C17H18N4OS/c1-9-4-3-5-13-11(9)7-14(19-13)17-21-20-15(23-17)8-18-16(22)12-6-10(12)2/h3-5,7,10,12,19H,6,8H2,1-2H3,(H,18,22)/t10-,12+/m0/s1. The molecule has 0 unspecified atom stereocenters. The molecule has 2 atom stereocenters. The first-order valence-electron chi connectivity index (χ1n) is 7.80. The van der Waals surface area contributed by atoms with Crippen molar-refractivity contribution in [2.24, 2.45) is 11.8 Å². The number of nitrogens with zero attached hydrogens (tertiary/aromatic N) is 2. The van der Waals surface area contributed by atoms with E-state index in [0.29, 0.717) is 12.5 Å².